The van der Waals surface area contributed by atoms with Gasteiger partial charge < -0.3 is 15.1 Å². The van der Waals surface area contributed by atoms with Crippen molar-refractivity contribution in [1.82, 2.24) is 15.1 Å². The molecular formula is C14H25N3O2. The third kappa shape index (κ3) is 4.20. The number of piperazine rings is 1. The zero-order valence-corrected chi connectivity index (χ0v) is 12.0. The zero-order valence-electron chi connectivity index (χ0n) is 12.0. The van der Waals surface area contributed by atoms with Crippen molar-refractivity contribution >= 4 is 11.8 Å². The summed E-state index contributed by atoms with van der Waals surface area (Å²) in [6.45, 7) is 7.93. The molecule has 1 aliphatic heterocycles. The minimum absolute atomic E-state index is 0.0439. The highest BCUT2D eigenvalue weighted by atomic mass is 16.2. The number of nitrogens with one attached hydrogen (secondary N) is 1. The van der Waals surface area contributed by atoms with Crippen LogP contribution in [0.3, 0.4) is 0 Å². The summed E-state index contributed by atoms with van der Waals surface area (Å²) in [6.07, 6.45) is 2.61. The average Bonchev–Trinajstić information content (AvgIpc) is 3.22. The standard InChI is InChI=1S/C14H25N3O2/c1-11(2)14(19)17-7-5-16(6-8-17)13(18)10-15-9-12-3-4-12/h11-12,15H,3-10H2,1-2H3. The predicted molar refractivity (Wildman–Crippen MR) is 73.6 cm³/mol. The molecule has 5 nitrogen and oxygen atoms in total. The molecule has 2 amide bonds. The van der Waals surface area contributed by atoms with Gasteiger partial charge in [0.05, 0.1) is 6.54 Å². The number of carbonyl (C=O) groups excluding carboxylic acids is 2. The minimum Gasteiger partial charge on any atom is -0.339 e. The van der Waals surface area contributed by atoms with E-state index in [9.17, 15) is 9.59 Å². The van der Waals surface area contributed by atoms with Gasteiger partial charge in [-0.3, -0.25) is 9.59 Å². The Kier molecular flexibility index (Phi) is 4.80. The number of hydrogen-bond donors (Lipinski definition) is 1. The topological polar surface area (TPSA) is 52.7 Å². The van der Waals surface area contributed by atoms with Crippen LogP contribution in [0.1, 0.15) is 26.7 Å². The van der Waals surface area contributed by atoms with E-state index < -0.39 is 0 Å². The Morgan fingerprint density at radius 3 is 2.21 bits per heavy atom. The maximum absolute atomic E-state index is 12.0. The second-order valence-corrected chi connectivity index (χ2v) is 5.94. The van der Waals surface area contributed by atoms with Crippen molar-refractivity contribution < 1.29 is 9.59 Å². The molecule has 1 heterocycles. The second-order valence-electron chi connectivity index (χ2n) is 5.94. The lowest BCUT2D eigenvalue weighted by Crippen LogP contribution is -2.53. The number of amides is 2. The fraction of sp³-hybridized carbons (Fsp3) is 0.857. The molecule has 108 valence electrons. The van der Waals surface area contributed by atoms with Crippen LogP contribution in [-0.4, -0.2) is 60.9 Å². The minimum atomic E-state index is 0.0439. The Morgan fingerprint density at radius 1 is 1.11 bits per heavy atom. The van der Waals surface area contributed by atoms with Gasteiger partial charge in [-0.2, -0.15) is 0 Å². The van der Waals surface area contributed by atoms with Gasteiger partial charge in [0.25, 0.3) is 0 Å². The first-order valence-electron chi connectivity index (χ1n) is 7.35. The summed E-state index contributed by atoms with van der Waals surface area (Å²) in [6, 6.07) is 0. The molecule has 19 heavy (non-hydrogen) atoms. The third-order valence-corrected chi connectivity index (χ3v) is 3.84. The summed E-state index contributed by atoms with van der Waals surface area (Å²) in [5.74, 6) is 1.20. The third-order valence-electron chi connectivity index (χ3n) is 3.84. The Balaban J connectivity index is 1.66. The van der Waals surface area contributed by atoms with Crippen molar-refractivity contribution in [2.24, 2.45) is 11.8 Å². The lowest BCUT2D eigenvalue weighted by atomic mass is 10.1. The SMILES string of the molecule is CC(C)C(=O)N1CCN(C(=O)CNCC2CC2)CC1. The maximum atomic E-state index is 12.0. The van der Waals surface area contributed by atoms with Crippen molar-refractivity contribution in [2.45, 2.75) is 26.7 Å². The van der Waals surface area contributed by atoms with E-state index in [2.05, 4.69) is 5.32 Å². The quantitative estimate of drug-likeness (QED) is 0.780. The van der Waals surface area contributed by atoms with E-state index in [-0.39, 0.29) is 17.7 Å². The molecule has 5 heteroatoms. The van der Waals surface area contributed by atoms with Crippen molar-refractivity contribution in [1.29, 1.82) is 0 Å². The number of rotatable bonds is 5. The highest BCUT2D eigenvalue weighted by Gasteiger charge is 2.25. The molecule has 0 atom stereocenters. The largest absolute Gasteiger partial charge is 0.339 e. The van der Waals surface area contributed by atoms with Gasteiger partial charge in [0.15, 0.2) is 0 Å². The fourth-order valence-electron chi connectivity index (χ4n) is 2.36. The van der Waals surface area contributed by atoms with E-state index in [1.807, 2.05) is 23.6 Å². The second kappa shape index (κ2) is 6.37. The van der Waals surface area contributed by atoms with E-state index in [0.717, 1.165) is 12.5 Å². The highest BCUT2D eigenvalue weighted by Crippen LogP contribution is 2.27. The van der Waals surface area contributed by atoms with Crippen LogP contribution >= 0.6 is 0 Å². The molecule has 0 aromatic heterocycles. The highest BCUT2D eigenvalue weighted by molar-refractivity contribution is 5.80. The summed E-state index contributed by atoms with van der Waals surface area (Å²) in [4.78, 5) is 27.5. The summed E-state index contributed by atoms with van der Waals surface area (Å²) in [5, 5.41) is 3.22. The molecule has 2 fully saturated rings. The van der Waals surface area contributed by atoms with Gasteiger partial charge in [-0.1, -0.05) is 13.8 Å². The molecule has 0 aromatic carbocycles. The smallest absolute Gasteiger partial charge is 0.236 e. The van der Waals surface area contributed by atoms with Crippen molar-refractivity contribution in [3.05, 3.63) is 0 Å². The van der Waals surface area contributed by atoms with Crippen LogP contribution < -0.4 is 5.32 Å². The molecule has 0 unspecified atom stereocenters. The molecule has 0 spiro atoms. The molecule has 0 aromatic rings. The lowest BCUT2D eigenvalue weighted by molar-refractivity contribution is -0.141. The molecule has 2 aliphatic rings. The average molecular weight is 267 g/mol. The maximum Gasteiger partial charge on any atom is 0.236 e. The number of hydrogen-bond acceptors (Lipinski definition) is 3. The van der Waals surface area contributed by atoms with Crippen LogP contribution in [0, 0.1) is 11.8 Å². The van der Waals surface area contributed by atoms with E-state index in [4.69, 9.17) is 0 Å². The molecule has 0 bridgehead atoms. The molecule has 1 N–H and O–H groups in total. The first kappa shape index (κ1) is 14.3. The van der Waals surface area contributed by atoms with Crippen LogP contribution in [0.4, 0.5) is 0 Å². The number of nitrogens with zero attached hydrogens (tertiary/aromatic N) is 2. The van der Waals surface area contributed by atoms with Gasteiger partial charge in [0.1, 0.15) is 0 Å². The Hall–Kier alpha value is -1.10. The van der Waals surface area contributed by atoms with Crippen LogP contribution in [0.25, 0.3) is 0 Å². The van der Waals surface area contributed by atoms with Crippen molar-refractivity contribution in [3.8, 4) is 0 Å². The molecule has 2 rings (SSSR count). The Bertz CT molecular complexity index is 332. The lowest BCUT2D eigenvalue weighted by Gasteiger charge is -2.35. The molecule has 1 saturated carbocycles. The van der Waals surface area contributed by atoms with Crippen LogP contribution in [0.5, 0.6) is 0 Å². The van der Waals surface area contributed by atoms with Crippen LogP contribution in [0.15, 0.2) is 0 Å². The normalized spacial score (nSPS) is 19.9. The van der Waals surface area contributed by atoms with E-state index in [0.29, 0.717) is 32.7 Å². The van der Waals surface area contributed by atoms with Gasteiger partial charge in [0, 0.05) is 32.1 Å². The molecule has 1 aliphatic carbocycles. The predicted octanol–water partition coefficient (Wildman–Crippen LogP) is 0.313. The first-order chi connectivity index (χ1) is 9.08. The van der Waals surface area contributed by atoms with Gasteiger partial charge in [-0.05, 0) is 25.3 Å². The summed E-state index contributed by atoms with van der Waals surface area (Å²) in [7, 11) is 0. The summed E-state index contributed by atoms with van der Waals surface area (Å²) < 4.78 is 0. The monoisotopic (exact) mass is 267 g/mol. The van der Waals surface area contributed by atoms with Gasteiger partial charge in [-0.15, -0.1) is 0 Å². The van der Waals surface area contributed by atoms with Crippen molar-refractivity contribution in [2.75, 3.05) is 39.3 Å². The first-order valence-corrected chi connectivity index (χ1v) is 7.35. The number of carbonyl (C=O) groups is 2. The Labute approximate surface area is 115 Å². The fourth-order valence-corrected chi connectivity index (χ4v) is 2.36. The van der Waals surface area contributed by atoms with Gasteiger partial charge >= 0.3 is 0 Å². The molecule has 1 saturated heterocycles. The van der Waals surface area contributed by atoms with E-state index in [1.54, 1.807) is 0 Å². The Morgan fingerprint density at radius 2 is 1.68 bits per heavy atom. The zero-order chi connectivity index (χ0) is 13.8. The van der Waals surface area contributed by atoms with Crippen LogP contribution in [-0.2, 0) is 9.59 Å². The van der Waals surface area contributed by atoms with E-state index >= 15 is 0 Å². The molecule has 0 radical (unpaired) electrons. The summed E-state index contributed by atoms with van der Waals surface area (Å²) in [5.41, 5.74) is 0. The van der Waals surface area contributed by atoms with Crippen LogP contribution in [0.2, 0.25) is 0 Å². The summed E-state index contributed by atoms with van der Waals surface area (Å²) >= 11 is 0. The van der Waals surface area contributed by atoms with E-state index in [1.165, 1.54) is 12.8 Å². The molecular weight excluding hydrogens is 242 g/mol. The van der Waals surface area contributed by atoms with Gasteiger partial charge in [0.2, 0.25) is 11.8 Å². The van der Waals surface area contributed by atoms with Gasteiger partial charge in [-0.25, -0.2) is 0 Å². The van der Waals surface area contributed by atoms with Crippen molar-refractivity contribution in [3.63, 3.8) is 0 Å².